The van der Waals surface area contributed by atoms with Crippen molar-refractivity contribution < 1.29 is 19.0 Å². The lowest BCUT2D eigenvalue weighted by Crippen LogP contribution is -2.43. The largest absolute Gasteiger partial charge is 0.490 e. The summed E-state index contributed by atoms with van der Waals surface area (Å²) in [5.41, 5.74) is 0.782. The van der Waals surface area contributed by atoms with E-state index in [1.165, 1.54) is 6.07 Å². The Morgan fingerprint density at radius 2 is 1.89 bits per heavy atom. The van der Waals surface area contributed by atoms with E-state index in [0.29, 0.717) is 25.4 Å². The van der Waals surface area contributed by atoms with E-state index in [1.54, 1.807) is 16.5 Å². The van der Waals surface area contributed by atoms with Crippen molar-refractivity contribution in [3.8, 4) is 5.75 Å². The van der Waals surface area contributed by atoms with Crippen LogP contribution in [0.2, 0.25) is 0 Å². The van der Waals surface area contributed by atoms with Crippen molar-refractivity contribution >= 4 is 6.09 Å². The summed E-state index contributed by atoms with van der Waals surface area (Å²) in [4.78, 5) is 28.0. The number of carbonyl (C=O) groups excluding carboxylic acids is 1. The van der Waals surface area contributed by atoms with Gasteiger partial charge < -0.3 is 23.7 Å². The monoisotopic (exact) mass is 379 g/mol. The normalized spacial score (nSPS) is 19.1. The van der Waals surface area contributed by atoms with E-state index < -0.39 is 0 Å². The predicted molar refractivity (Wildman–Crippen MR) is 100 cm³/mol. The number of hydrogen-bond acceptors (Lipinski definition) is 6. The van der Waals surface area contributed by atoms with Crippen molar-refractivity contribution in [2.75, 3.05) is 52.5 Å². The number of likely N-dealkylation sites (tertiary alicyclic amines) is 1. The number of pyridine rings is 1. The number of rotatable bonds is 5. The highest BCUT2D eigenvalue weighted by Gasteiger charge is 2.25. The Morgan fingerprint density at radius 3 is 2.56 bits per heavy atom. The third kappa shape index (κ3) is 5.46. The summed E-state index contributed by atoms with van der Waals surface area (Å²) in [5, 5.41) is 0. The summed E-state index contributed by atoms with van der Waals surface area (Å²) >= 11 is 0. The van der Waals surface area contributed by atoms with Crippen molar-refractivity contribution in [2.45, 2.75) is 25.9 Å². The van der Waals surface area contributed by atoms with Gasteiger partial charge in [0.15, 0.2) is 0 Å². The van der Waals surface area contributed by atoms with E-state index in [9.17, 15) is 9.59 Å². The molecular weight excluding hydrogens is 350 g/mol. The minimum Gasteiger partial charge on any atom is -0.490 e. The van der Waals surface area contributed by atoms with Crippen molar-refractivity contribution in [1.82, 2.24) is 14.4 Å². The van der Waals surface area contributed by atoms with Crippen LogP contribution in [0.5, 0.6) is 5.75 Å². The molecule has 0 N–H and O–H groups in total. The minimum absolute atomic E-state index is 0.00825. The summed E-state index contributed by atoms with van der Waals surface area (Å²) in [7, 11) is 1.74. The molecule has 2 aliphatic rings. The van der Waals surface area contributed by atoms with Gasteiger partial charge in [0, 0.05) is 64.4 Å². The van der Waals surface area contributed by atoms with Crippen molar-refractivity contribution in [2.24, 2.45) is 7.05 Å². The molecule has 0 spiro atoms. The van der Waals surface area contributed by atoms with Gasteiger partial charge in [0.1, 0.15) is 18.5 Å². The number of amides is 1. The lowest BCUT2D eigenvalue weighted by Gasteiger charge is -2.32. The fourth-order valence-corrected chi connectivity index (χ4v) is 3.33. The third-order valence-corrected chi connectivity index (χ3v) is 5.22. The molecule has 8 heteroatoms. The molecule has 0 aliphatic carbocycles. The average molecular weight is 379 g/mol. The Labute approximate surface area is 159 Å². The van der Waals surface area contributed by atoms with Gasteiger partial charge in [-0.25, -0.2) is 4.79 Å². The van der Waals surface area contributed by atoms with E-state index in [2.05, 4.69) is 4.90 Å². The molecule has 1 aromatic rings. The second-order valence-corrected chi connectivity index (χ2v) is 7.10. The maximum absolute atomic E-state index is 12.2. The highest BCUT2D eigenvalue weighted by Crippen LogP contribution is 2.19. The summed E-state index contributed by atoms with van der Waals surface area (Å²) in [5.74, 6) is 0.599. The molecule has 0 unspecified atom stereocenters. The van der Waals surface area contributed by atoms with Crippen LogP contribution in [0.15, 0.2) is 16.9 Å². The number of carbonyl (C=O) groups is 1. The summed E-state index contributed by atoms with van der Waals surface area (Å²) in [6, 6.07) is 3.38. The Balaban J connectivity index is 1.39. The second-order valence-electron chi connectivity index (χ2n) is 7.10. The maximum atomic E-state index is 12.2. The molecule has 2 aliphatic heterocycles. The smallest absolute Gasteiger partial charge is 0.409 e. The molecule has 150 valence electrons. The zero-order chi connectivity index (χ0) is 19.2. The fourth-order valence-electron chi connectivity index (χ4n) is 3.33. The van der Waals surface area contributed by atoms with Gasteiger partial charge in [-0.3, -0.25) is 9.69 Å². The second kappa shape index (κ2) is 9.23. The molecule has 27 heavy (non-hydrogen) atoms. The highest BCUT2D eigenvalue weighted by molar-refractivity contribution is 5.67. The molecule has 1 aromatic heterocycles. The van der Waals surface area contributed by atoms with Crippen LogP contribution in [0.25, 0.3) is 0 Å². The first-order valence-electron chi connectivity index (χ1n) is 9.59. The van der Waals surface area contributed by atoms with Gasteiger partial charge in [-0.15, -0.1) is 0 Å². The first-order chi connectivity index (χ1) is 13.0. The lowest BCUT2D eigenvalue weighted by atomic mass is 10.1. The molecule has 0 radical (unpaired) electrons. The number of morpholine rings is 1. The van der Waals surface area contributed by atoms with Crippen LogP contribution < -0.4 is 10.3 Å². The number of piperidine rings is 1. The predicted octanol–water partition coefficient (Wildman–Crippen LogP) is 1.01. The molecule has 0 bridgehead atoms. The molecule has 8 nitrogen and oxygen atoms in total. The van der Waals surface area contributed by atoms with Gasteiger partial charge in [0.05, 0.1) is 13.2 Å². The van der Waals surface area contributed by atoms with Crippen LogP contribution in [-0.2, 0) is 16.5 Å². The molecule has 3 rings (SSSR count). The zero-order valence-electron chi connectivity index (χ0n) is 16.2. The van der Waals surface area contributed by atoms with Crippen LogP contribution in [0.1, 0.15) is 18.5 Å². The topological polar surface area (TPSA) is 73.2 Å². The number of nitrogens with zero attached hydrogens (tertiary/aromatic N) is 3. The average Bonchev–Trinajstić information content (AvgIpc) is 2.67. The standard InChI is InChI=1S/C19H29N3O5/c1-15-13-17(14-18(23)20(15)2)27-16-3-5-22(6-4-16)19(24)26-12-9-21-7-10-25-11-8-21/h13-14,16H,3-12H2,1-2H3. The maximum Gasteiger partial charge on any atom is 0.409 e. The summed E-state index contributed by atoms with van der Waals surface area (Å²) < 4.78 is 18.2. The Hall–Kier alpha value is -2.06. The summed E-state index contributed by atoms with van der Waals surface area (Å²) in [6.45, 7) is 7.51. The fraction of sp³-hybridized carbons (Fsp3) is 0.684. The molecule has 0 atom stereocenters. The number of ether oxygens (including phenoxy) is 3. The van der Waals surface area contributed by atoms with Gasteiger partial charge in [-0.05, 0) is 13.0 Å². The molecule has 2 fully saturated rings. The van der Waals surface area contributed by atoms with Crippen molar-refractivity contribution in [3.63, 3.8) is 0 Å². The minimum atomic E-state index is -0.258. The highest BCUT2D eigenvalue weighted by atomic mass is 16.6. The molecule has 3 heterocycles. The van der Waals surface area contributed by atoms with Gasteiger partial charge in [-0.2, -0.15) is 0 Å². The first kappa shape index (κ1) is 19.7. The number of hydrogen-bond donors (Lipinski definition) is 0. The quantitative estimate of drug-likeness (QED) is 0.760. The van der Waals surface area contributed by atoms with Crippen LogP contribution in [0, 0.1) is 6.92 Å². The van der Waals surface area contributed by atoms with Gasteiger partial charge in [0.25, 0.3) is 5.56 Å². The molecule has 1 amide bonds. The number of aryl methyl sites for hydroxylation is 1. The first-order valence-corrected chi connectivity index (χ1v) is 9.59. The van der Waals surface area contributed by atoms with Gasteiger partial charge >= 0.3 is 6.09 Å². The SMILES string of the molecule is Cc1cc(OC2CCN(C(=O)OCCN3CCOCC3)CC2)cc(=O)n1C. The van der Waals surface area contributed by atoms with E-state index >= 15 is 0 Å². The zero-order valence-corrected chi connectivity index (χ0v) is 16.2. The van der Waals surface area contributed by atoms with E-state index in [-0.39, 0.29) is 17.8 Å². The molecule has 0 aromatic carbocycles. The van der Waals surface area contributed by atoms with Gasteiger partial charge in [-0.1, -0.05) is 0 Å². The Bertz CT molecular complexity index is 691. The van der Waals surface area contributed by atoms with E-state index in [0.717, 1.165) is 51.4 Å². The van der Waals surface area contributed by atoms with Gasteiger partial charge in [0.2, 0.25) is 0 Å². The van der Waals surface area contributed by atoms with Crippen LogP contribution in [0.3, 0.4) is 0 Å². The molecular formula is C19H29N3O5. The summed E-state index contributed by atoms with van der Waals surface area (Å²) in [6.07, 6.45) is 1.21. The number of aromatic nitrogens is 1. The molecule has 0 saturated carbocycles. The van der Waals surface area contributed by atoms with Crippen molar-refractivity contribution in [1.29, 1.82) is 0 Å². The van der Waals surface area contributed by atoms with Crippen LogP contribution in [-0.4, -0.2) is 79.1 Å². The van der Waals surface area contributed by atoms with Crippen molar-refractivity contribution in [3.05, 3.63) is 28.2 Å². The van der Waals surface area contributed by atoms with E-state index in [1.807, 2.05) is 13.0 Å². The van der Waals surface area contributed by atoms with Crippen LogP contribution in [0.4, 0.5) is 4.79 Å². The van der Waals surface area contributed by atoms with E-state index in [4.69, 9.17) is 14.2 Å². The Kier molecular flexibility index (Phi) is 6.73. The van der Waals surface area contributed by atoms with Crippen LogP contribution >= 0.6 is 0 Å². The Morgan fingerprint density at radius 1 is 1.19 bits per heavy atom. The third-order valence-electron chi connectivity index (χ3n) is 5.22. The lowest BCUT2D eigenvalue weighted by molar-refractivity contribution is 0.0220. The molecule has 2 saturated heterocycles.